The molecular formula is C14H16N2O2. The molecule has 0 saturated carbocycles. The summed E-state index contributed by atoms with van der Waals surface area (Å²) in [5, 5.41) is 0.956. The van der Waals surface area contributed by atoms with Crippen molar-refractivity contribution >= 4 is 16.9 Å². The highest BCUT2D eigenvalue weighted by molar-refractivity contribution is 5.96. The van der Waals surface area contributed by atoms with E-state index in [4.69, 9.17) is 10.2 Å². The van der Waals surface area contributed by atoms with E-state index < -0.39 is 0 Å². The molecule has 1 aromatic heterocycles. The van der Waals surface area contributed by atoms with Crippen molar-refractivity contribution in [3.8, 4) is 0 Å². The van der Waals surface area contributed by atoms with Gasteiger partial charge in [-0.15, -0.1) is 0 Å². The third-order valence-electron chi connectivity index (χ3n) is 3.59. The van der Waals surface area contributed by atoms with Crippen molar-refractivity contribution in [2.75, 3.05) is 13.1 Å². The summed E-state index contributed by atoms with van der Waals surface area (Å²) in [6.45, 7) is 3.38. The second-order valence-electron chi connectivity index (χ2n) is 5.00. The molecule has 1 fully saturated rings. The summed E-state index contributed by atoms with van der Waals surface area (Å²) in [5.41, 5.74) is 6.68. The van der Waals surface area contributed by atoms with Crippen molar-refractivity contribution in [1.82, 2.24) is 4.90 Å². The summed E-state index contributed by atoms with van der Waals surface area (Å²) in [4.78, 5) is 14.1. The highest BCUT2D eigenvalue weighted by Crippen LogP contribution is 2.22. The van der Waals surface area contributed by atoms with Crippen LogP contribution in [0.4, 0.5) is 0 Å². The number of nitrogens with two attached hydrogens (primary N) is 1. The number of carbonyl (C=O) groups excluding carboxylic acids is 1. The fraction of sp³-hybridized carbons (Fsp3) is 0.357. The molecule has 18 heavy (non-hydrogen) atoms. The van der Waals surface area contributed by atoms with Crippen LogP contribution in [-0.2, 0) is 0 Å². The molecule has 2 atom stereocenters. The highest BCUT2D eigenvalue weighted by atomic mass is 16.3. The van der Waals surface area contributed by atoms with E-state index in [-0.39, 0.29) is 11.9 Å². The van der Waals surface area contributed by atoms with Gasteiger partial charge < -0.3 is 15.1 Å². The molecule has 3 rings (SSSR count). The van der Waals surface area contributed by atoms with Crippen LogP contribution in [0.5, 0.6) is 0 Å². The number of nitrogens with zero attached hydrogens (tertiary/aromatic N) is 1. The van der Waals surface area contributed by atoms with Crippen LogP contribution in [0.1, 0.15) is 17.5 Å². The Morgan fingerprint density at radius 2 is 2.17 bits per heavy atom. The van der Waals surface area contributed by atoms with Crippen LogP contribution >= 0.6 is 0 Å². The molecule has 1 aromatic carbocycles. The normalized spacial score (nSPS) is 23.8. The fourth-order valence-corrected chi connectivity index (χ4v) is 2.40. The molecule has 1 aliphatic rings. The number of rotatable bonds is 1. The van der Waals surface area contributed by atoms with Gasteiger partial charge in [0, 0.05) is 24.5 Å². The first-order chi connectivity index (χ1) is 8.65. The van der Waals surface area contributed by atoms with E-state index >= 15 is 0 Å². The molecule has 1 aliphatic heterocycles. The van der Waals surface area contributed by atoms with Gasteiger partial charge in [-0.1, -0.05) is 25.1 Å². The van der Waals surface area contributed by atoms with Crippen LogP contribution in [0.15, 0.2) is 34.7 Å². The summed E-state index contributed by atoms with van der Waals surface area (Å²) < 4.78 is 5.58. The average molecular weight is 244 g/mol. The van der Waals surface area contributed by atoms with E-state index in [2.05, 4.69) is 6.92 Å². The molecule has 2 N–H and O–H groups in total. The van der Waals surface area contributed by atoms with Gasteiger partial charge in [0.1, 0.15) is 5.58 Å². The van der Waals surface area contributed by atoms with Gasteiger partial charge in [0.25, 0.3) is 5.91 Å². The molecule has 1 amide bonds. The summed E-state index contributed by atoms with van der Waals surface area (Å²) in [6, 6.07) is 9.50. The van der Waals surface area contributed by atoms with E-state index in [9.17, 15) is 4.79 Å². The maximum atomic E-state index is 12.3. The number of furan rings is 1. The number of likely N-dealkylation sites (tertiary alicyclic amines) is 1. The number of hydrogen-bond donors (Lipinski definition) is 1. The average Bonchev–Trinajstić information content (AvgIpc) is 2.93. The lowest BCUT2D eigenvalue weighted by Crippen LogP contribution is -2.31. The molecular weight excluding hydrogens is 228 g/mol. The van der Waals surface area contributed by atoms with Crippen molar-refractivity contribution in [3.05, 3.63) is 36.1 Å². The molecule has 0 bridgehead atoms. The zero-order chi connectivity index (χ0) is 12.7. The van der Waals surface area contributed by atoms with E-state index in [1.54, 1.807) is 11.0 Å². The van der Waals surface area contributed by atoms with Gasteiger partial charge in [-0.3, -0.25) is 4.79 Å². The molecule has 4 heteroatoms. The minimum Gasteiger partial charge on any atom is -0.451 e. The van der Waals surface area contributed by atoms with Crippen molar-refractivity contribution in [2.45, 2.75) is 13.0 Å². The Labute approximate surface area is 105 Å². The number of carbonyl (C=O) groups is 1. The topological polar surface area (TPSA) is 59.5 Å². The maximum Gasteiger partial charge on any atom is 0.289 e. The predicted octanol–water partition coefficient (Wildman–Crippen LogP) is 1.85. The monoisotopic (exact) mass is 244 g/mol. The first-order valence-electron chi connectivity index (χ1n) is 6.18. The van der Waals surface area contributed by atoms with E-state index in [0.717, 1.165) is 11.0 Å². The third kappa shape index (κ3) is 1.78. The van der Waals surface area contributed by atoms with Gasteiger partial charge in [0.15, 0.2) is 5.76 Å². The lowest BCUT2D eigenvalue weighted by Gasteiger charge is -2.13. The lowest BCUT2D eigenvalue weighted by molar-refractivity contribution is 0.0757. The van der Waals surface area contributed by atoms with E-state index in [1.165, 1.54) is 0 Å². The van der Waals surface area contributed by atoms with Crippen LogP contribution in [-0.4, -0.2) is 29.9 Å². The van der Waals surface area contributed by atoms with Crippen LogP contribution < -0.4 is 5.73 Å². The summed E-state index contributed by atoms with van der Waals surface area (Å²) in [7, 11) is 0. The molecule has 2 heterocycles. The Hall–Kier alpha value is -1.81. The van der Waals surface area contributed by atoms with Gasteiger partial charge in [-0.05, 0) is 18.1 Å². The van der Waals surface area contributed by atoms with Crippen LogP contribution in [0.3, 0.4) is 0 Å². The first-order valence-corrected chi connectivity index (χ1v) is 6.18. The van der Waals surface area contributed by atoms with Crippen molar-refractivity contribution in [3.63, 3.8) is 0 Å². The summed E-state index contributed by atoms with van der Waals surface area (Å²) in [5.74, 6) is 0.682. The Bertz CT molecular complexity index is 547. The second-order valence-corrected chi connectivity index (χ2v) is 5.00. The number of hydrogen-bond acceptors (Lipinski definition) is 3. The van der Waals surface area contributed by atoms with Gasteiger partial charge >= 0.3 is 0 Å². The Balaban J connectivity index is 1.88. The van der Waals surface area contributed by atoms with Gasteiger partial charge in [-0.2, -0.15) is 0 Å². The zero-order valence-electron chi connectivity index (χ0n) is 10.3. The minimum atomic E-state index is -0.0639. The SMILES string of the molecule is CC1CN(C(=O)c2cc3ccccc3o2)CC1N. The highest BCUT2D eigenvalue weighted by Gasteiger charge is 2.31. The number of benzene rings is 1. The standard InChI is InChI=1S/C14H16N2O2/c1-9-7-16(8-11(9)15)14(17)13-6-10-4-2-3-5-12(10)18-13/h2-6,9,11H,7-8,15H2,1H3. The fourth-order valence-electron chi connectivity index (χ4n) is 2.40. The minimum absolute atomic E-state index is 0.0639. The molecule has 0 radical (unpaired) electrons. The van der Waals surface area contributed by atoms with Crippen LogP contribution in [0, 0.1) is 5.92 Å². The van der Waals surface area contributed by atoms with Crippen molar-refractivity contribution in [2.24, 2.45) is 11.7 Å². The smallest absolute Gasteiger partial charge is 0.289 e. The number of para-hydroxylation sites is 1. The Kier molecular flexibility index (Phi) is 2.59. The van der Waals surface area contributed by atoms with Crippen molar-refractivity contribution < 1.29 is 9.21 Å². The maximum absolute atomic E-state index is 12.3. The van der Waals surface area contributed by atoms with Crippen LogP contribution in [0.2, 0.25) is 0 Å². The molecule has 0 spiro atoms. The Morgan fingerprint density at radius 1 is 1.39 bits per heavy atom. The Morgan fingerprint density at radius 3 is 2.83 bits per heavy atom. The van der Waals surface area contributed by atoms with E-state index in [0.29, 0.717) is 24.8 Å². The van der Waals surface area contributed by atoms with Gasteiger partial charge in [0.05, 0.1) is 0 Å². The molecule has 4 nitrogen and oxygen atoms in total. The number of fused-ring (bicyclic) bond motifs is 1. The first kappa shape index (κ1) is 11.3. The quantitative estimate of drug-likeness (QED) is 0.832. The van der Waals surface area contributed by atoms with Gasteiger partial charge in [0.2, 0.25) is 0 Å². The van der Waals surface area contributed by atoms with Crippen LogP contribution in [0.25, 0.3) is 11.0 Å². The molecule has 2 unspecified atom stereocenters. The second kappa shape index (κ2) is 4.14. The molecule has 1 saturated heterocycles. The number of amides is 1. The van der Waals surface area contributed by atoms with E-state index in [1.807, 2.05) is 24.3 Å². The summed E-state index contributed by atoms with van der Waals surface area (Å²) >= 11 is 0. The van der Waals surface area contributed by atoms with Crippen molar-refractivity contribution in [1.29, 1.82) is 0 Å². The summed E-state index contributed by atoms with van der Waals surface area (Å²) in [6.07, 6.45) is 0. The third-order valence-corrected chi connectivity index (χ3v) is 3.59. The predicted molar refractivity (Wildman–Crippen MR) is 69.3 cm³/mol. The molecule has 0 aliphatic carbocycles. The lowest BCUT2D eigenvalue weighted by atomic mass is 10.1. The van der Waals surface area contributed by atoms with Gasteiger partial charge in [-0.25, -0.2) is 0 Å². The molecule has 94 valence electrons. The largest absolute Gasteiger partial charge is 0.451 e. The molecule has 2 aromatic rings. The zero-order valence-corrected chi connectivity index (χ0v) is 10.3.